The molecule has 1 aliphatic rings. The Labute approximate surface area is 67.2 Å². The van der Waals surface area contributed by atoms with Gasteiger partial charge in [-0.25, -0.2) is 0 Å². The van der Waals surface area contributed by atoms with Crippen LogP contribution in [0.4, 0.5) is 0 Å². The van der Waals surface area contributed by atoms with Crippen molar-refractivity contribution in [2.24, 2.45) is 5.92 Å². The van der Waals surface area contributed by atoms with Crippen molar-refractivity contribution >= 4 is 17.0 Å². The second kappa shape index (κ2) is 5.24. The van der Waals surface area contributed by atoms with Crippen LogP contribution in [0.2, 0.25) is 0 Å². The van der Waals surface area contributed by atoms with Crippen molar-refractivity contribution in [2.75, 3.05) is 6.61 Å². The minimum atomic E-state index is 0. The summed E-state index contributed by atoms with van der Waals surface area (Å²) in [6.45, 7) is 0.417. The molecule has 0 aliphatic heterocycles. The minimum Gasteiger partial charge on any atom is -0.396 e. The van der Waals surface area contributed by atoms with E-state index < -0.39 is 0 Å². The van der Waals surface area contributed by atoms with Gasteiger partial charge in [0.2, 0.25) is 0 Å². The van der Waals surface area contributed by atoms with E-state index in [1.807, 2.05) is 0 Å². The Morgan fingerprint density at radius 1 is 1.11 bits per heavy atom. The predicted octanol–water partition coefficient (Wildman–Crippen LogP) is 2.14. The summed E-state index contributed by atoms with van der Waals surface area (Å²) in [6, 6.07) is 0. The molecule has 0 bridgehead atoms. The summed E-state index contributed by atoms with van der Waals surface area (Å²) in [5.74, 6) is 0.642. The maximum atomic E-state index is 8.69. The van der Waals surface area contributed by atoms with E-state index in [9.17, 15) is 0 Å². The van der Waals surface area contributed by atoms with Crippen LogP contribution in [0.3, 0.4) is 0 Å². The molecule has 0 saturated heterocycles. The van der Waals surface area contributed by atoms with Crippen molar-refractivity contribution in [3.63, 3.8) is 0 Å². The van der Waals surface area contributed by atoms with E-state index in [4.69, 9.17) is 5.11 Å². The molecule has 0 aromatic heterocycles. The molecule has 9 heavy (non-hydrogen) atoms. The third kappa shape index (κ3) is 3.21. The average Bonchev–Trinajstić information content (AvgIpc) is 1.90. The van der Waals surface area contributed by atoms with E-state index in [1.54, 1.807) is 0 Å². The zero-order chi connectivity index (χ0) is 5.82. The lowest BCUT2D eigenvalue weighted by molar-refractivity contribution is 0.190. The third-order valence-corrected chi connectivity index (χ3v) is 1.98. The second-order valence-electron chi connectivity index (χ2n) is 2.69. The summed E-state index contributed by atoms with van der Waals surface area (Å²) in [5.41, 5.74) is 0. The van der Waals surface area contributed by atoms with Gasteiger partial charge in [-0.3, -0.25) is 0 Å². The summed E-state index contributed by atoms with van der Waals surface area (Å²) in [6.07, 6.45) is 6.58. The van der Waals surface area contributed by atoms with E-state index in [1.165, 1.54) is 32.1 Å². The number of aliphatic hydroxyl groups is 1. The highest BCUT2D eigenvalue weighted by atomic mass is 79.9. The van der Waals surface area contributed by atoms with Gasteiger partial charge in [0.05, 0.1) is 0 Å². The molecule has 56 valence electrons. The van der Waals surface area contributed by atoms with Crippen LogP contribution in [0.5, 0.6) is 0 Å². The van der Waals surface area contributed by atoms with Crippen molar-refractivity contribution in [3.05, 3.63) is 0 Å². The molecule has 1 saturated carbocycles. The normalized spacial score (nSPS) is 21.0. The number of aliphatic hydroxyl groups excluding tert-OH is 1. The fourth-order valence-corrected chi connectivity index (χ4v) is 1.37. The molecule has 1 fully saturated rings. The Hall–Kier alpha value is 0.440. The molecular weight excluding hydrogens is 180 g/mol. The highest BCUT2D eigenvalue weighted by Crippen LogP contribution is 2.22. The zero-order valence-electron chi connectivity index (χ0n) is 5.68. The Morgan fingerprint density at radius 3 is 2.00 bits per heavy atom. The maximum Gasteiger partial charge on any atom is 0.0459 e. The molecule has 0 atom stereocenters. The summed E-state index contributed by atoms with van der Waals surface area (Å²) >= 11 is 0. The molecule has 1 aliphatic carbocycles. The monoisotopic (exact) mass is 194 g/mol. The van der Waals surface area contributed by atoms with Crippen LogP contribution >= 0.6 is 17.0 Å². The first-order valence-electron chi connectivity index (χ1n) is 3.54. The molecule has 0 aromatic carbocycles. The maximum absolute atomic E-state index is 8.69. The molecule has 0 unspecified atom stereocenters. The van der Waals surface area contributed by atoms with Crippen LogP contribution in [0.15, 0.2) is 0 Å². The number of rotatable bonds is 1. The van der Waals surface area contributed by atoms with Gasteiger partial charge in [0, 0.05) is 6.61 Å². The lowest BCUT2D eigenvalue weighted by Crippen LogP contribution is -2.09. The molecule has 0 radical (unpaired) electrons. The van der Waals surface area contributed by atoms with Crippen molar-refractivity contribution in [3.8, 4) is 0 Å². The lowest BCUT2D eigenvalue weighted by atomic mass is 9.90. The molecule has 1 nitrogen and oxygen atoms in total. The minimum absolute atomic E-state index is 0. The van der Waals surface area contributed by atoms with Crippen LogP contribution in [0.1, 0.15) is 32.1 Å². The average molecular weight is 195 g/mol. The van der Waals surface area contributed by atoms with Crippen LogP contribution in [0.25, 0.3) is 0 Å². The summed E-state index contributed by atoms with van der Waals surface area (Å²) < 4.78 is 0. The van der Waals surface area contributed by atoms with Crippen LogP contribution < -0.4 is 0 Å². The third-order valence-electron chi connectivity index (χ3n) is 1.98. The number of hydrogen-bond acceptors (Lipinski definition) is 1. The predicted molar refractivity (Wildman–Crippen MR) is 44.0 cm³/mol. The molecule has 1 rings (SSSR count). The number of halogens is 1. The topological polar surface area (TPSA) is 20.2 Å². The fourth-order valence-electron chi connectivity index (χ4n) is 1.37. The van der Waals surface area contributed by atoms with Gasteiger partial charge >= 0.3 is 0 Å². The summed E-state index contributed by atoms with van der Waals surface area (Å²) in [7, 11) is 0. The van der Waals surface area contributed by atoms with Gasteiger partial charge in [0.25, 0.3) is 0 Å². The molecule has 0 amide bonds. The Kier molecular flexibility index (Phi) is 5.50. The van der Waals surface area contributed by atoms with Crippen LogP contribution in [0, 0.1) is 5.92 Å². The quantitative estimate of drug-likeness (QED) is 0.679. The van der Waals surface area contributed by atoms with E-state index in [-0.39, 0.29) is 17.0 Å². The van der Waals surface area contributed by atoms with Gasteiger partial charge in [-0.2, -0.15) is 0 Å². The summed E-state index contributed by atoms with van der Waals surface area (Å²) in [4.78, 5) is 0. The Morgan fingerprint density at radius 2 is 1.67 bits per heavy atom. The zero-order valence-corrected chi connectivity index (χ0v) is 7.39. The van der Waals surface area contributed by atoms with Crippen molar-refractivity contribution < 1.29 is 5.11 Å². The Balaban J connectivity index is 0.000000640. The van der Waals surface area contributed by atoms with Crippen molar-refractivity contribution in [2.45, 2.75) is 32.1 Å². The van der Waals surface area contributed by atoms with Gasteiger partial charge in [-0.05, 0) is 18.8 Å². The lowest BCUT2D eigenvalue weighted by Gasteiger charge is -2.18. The van der Waals surface area contributed by atoms with Gasteiger partial charge in [-0.15, -0.1) is 17.0 Å². The number of hydrogen-bond donors (Lipinski definition) is 1. The van der Waals surface area contributed by atoms with E-state index in [2.05, 4.69) is 0 Å². The van der Waals surface area contributed by atoms with Crippen LogP contribution in [-0.4, -0.2) is 11.7 Å². The first kappa shape index (κ1) is 9.44. The molecule has 0 spiro atoms. The van der Waals surface area contributed by atoms with E-state index in [0.29, 0.717) is 12.5 Å². The largest absolute Gasteiger partial charge is 0.396 e. The molecule has 1 N–H and O–H groups in total. The smallest absolute Gasteiger partial charge is 0.0459 e. The Bertz CT molecular complexity index is 59.9. The molecule has 2 heteroatoms. The second-order valence-corrected chi connectivity index (χ2v) is 2.69. The molecule has 0 heterocycles. The first-order chi connectivity index (χ1) is 3.93. The van der Waals surface area contributed by atoms with Crippen molar-refractivity contribution in [1.29, 1.82) is 0 Å². The van der Waals surface area contributed by atoms with Crippen molar-refractivity contribution in [1.82, 2.24) is 0 Å². The first-order valence-corrected chi connectivity index (χ1v) is 3.54. The van der Waals surface area contributed by atoms with Gasteiger partial charge < -0.3 is 5.11 Å². The van der Waals surface area contributed by atoms with Crippen LogP contribution in [-0.2, 0) is 0 Å². The van der Waals surface area contributed by atoms with E-state index >= 15 is 0 Å². The van der Waals surface area contributed by atoms with E-state index in [0.717, 1.165) is 0 Å². The summed E-state index contributed by atoms with van der Waals surface area (Å²) in [5, 5.41) is 8.69. The molecular formula is C7H15BrO. The van der Waals surface area contributed by atoms with Gasteiger partial charge in [0.15, 0.2) is 0 Å². The highest BCUT2D eigenvalue weighted by molar-refractivity contribution is 8.93. The SMILES string of the molecule is Br.OCC1CCCCC1. The highest BCUT2D eigenvalue weighted by Gasteiger charge is 2.10. The fraction of sp³-hybridized carbons (Fsp3) is 1.00. The molecule has 0 aromatic rings. The van der Waals surface area contributed by atoms with Gasteiger partial charge in [0.1, 0.15) is 0 Å². The standard InChI is InChI=1S/C7H14O.BrH/c8-6-7-4-2-1-3-5-7;/h7-8H,1-6H2;1H. The van der Waals surface area contributed by atoms with Gasteiger partial charge in [-0.1, -0.05) is 19.3 Å².